The van der Waals surface area contributed by atoms with Gasteiger partial charge in [0, 0.05) is 5.41 Å². The second kappa shape index (κ2) is 3.72. The van der Waals surface area contributed by atoms with E-state index in [-0.39, 0.29) is 16.7 Å². The molecule has 0 fully saturated rings. The molecule has 0 saturated carbocycles. The van der Waals surface area contributed by atoms with Gasteiger partial charge in [-0.05, 0) is 33.8 Å². The Bertz CT molecular complexity index is 403. The molecule has 16 heavy (non-hydrogen) atoms. The summed E-state index contributed by atoms with van der Waals surface area (Å²) in [6.07, 6.45) is 0. The Morgan fingerprint density at radius 3 is 2.06 bits per heavy atom. The van der Waals surface area contributed by atoms with Crippen LogP contribution in [0.2, 0.25) is 0 Å². The van der Waals surface area contributed by atoms with Crippen molar-refractivity contribution in [3.63, 3.8) is 0 Å². The minimum Gasteiger partial charge on any atom is -0.292 e. The maximum absolute atomic E-state index is 12.3. The molecular formula is C13H22N2O. The van der Waals surface area contributed by atoms with Crippen molar-refractivity contribution in [2.24, 2.45) is 5.41 Å². The van der Waals surface area contributed by atoms with E-state index in [1.165, 1.54) is 0 Å². The van der Waals surface area contributed by atoms with Crippen LogP contribution in [0.4, 0.5) is 0 Å². The van der Waals surface area contributed by atoms with Crippen molar-refractivity contribution in [2.45, 2.75) is 54.0 Å². The van der Waals surface area contributed by atoms with Crippen molar-refractivity contribution in [1.82, 2.24) is 9.78 Å². The van der Waals surface area contributed by atoms with Crippen LogP contribution in [-0.2, 0) is 5.54 Å². The molecule has 0 atom stereocenters. The highest BCUT2D eigenvalue weighted by atomic mass is 16.1. The molecule has 0 radical (unpaired) electrons. The molecule has 0 amide bonds. The monoisotopic (exact) mass is 222 g/mol. The molecule has 0 aliphatic rings. The first-order valence-corrected chi connectivity index (χ1v) is 5.65. The fraction of sp³-hybridized carbons (Fsp3) is 0.692. The molecule has 0 N–H and O–H groups in total. The summed E-state index contributed by atoms with van der Waals surface area (Å²) in [6, 6.07) is 1.87. The highest BCUT2D eigenvalue weighted by Gasteiger charge is 2.29. The number of hydrogen-bond acceptors (Lipinski definition) is 2. The molecular weight excluding hydrogens is 200 g/mol. The summed E-state index contributed by atoms with van der Waals surface area (Å²) < 4.78 is 1.83. The second-order valence-electron chi connectivity index (χ2n) is 6.33. The third-order valence-corrected chi connectivity index (χ3v) is 2.38. The number of carbonyl (C=O) groups excluding carboxylic acids is 1. The molecule has 90 valence electrons. The highest BCUT2D eigenvalue weighted by molar-refractivity contribution is 5.98. The average molecular weight is 222 g/mol. The fourth-order valence-corrected chi connectivity index (χ4v) is 1.56. The van der Waals surface area contributed by atoms with E-state index in [4.69, 9.17) is 0 Å². The van der Waals surface area contributed by atoms with Gasteiger partial charge < -0.3 is 0 Å². The lowest BCUT2D eigenvalue weighted by atomic mass is 9.88. The number of aromatic nitrogens is 2. The van der Waals surface area contributed by atoms with E-state index in [9.17, 15) is 4.79 Å². The van der Waals surface area contributed by atoms with E-state index in [1.807, 2.05) is 38.4 Å². The molecule has 1 heterocycles. The summed E-state index contributed by atoms with van der Waals surface area (Å²) in [4.78, 5) is 12.3. The summed E-state index contributed by atoms with van der Waals surface area (Å²) in [5.41, 5.74) is 1.07. The van der Waals surface area contributed by atoms with Crippen LogP contribution in [0, 0.1) is 12.3 Å². The Labute approximate surface area is 97.8 Å². The second-order valence-corrected chi connectivity index (χ2v) is 6.33. The predicted molar refractivity (Wildman–Crippen MR) is 65.7 cm³/mol. The minimum atomic E-state index is -0.366. The van der Waals surface area contributed by atoms with Gasteiger partial charge in [-0.1, -0.05) is 20.8 Å². The number of carbonyl (C=O) groups is 1. The zero-order valence-corrected chi connectivity index (χ0v) is 11.4. The molecule has 3 heteroatoms. The van der Waals surface area contributed by atoms with Crippen LogP contribution in [-0.4, -0.2) is 15.6 Å². The molecule has 0 aliphatic carbocycles. The van der Waals surface area contributed by atoms with Gasteiger partial charge in [-0.2, -0.15) is 5.10 Å². The number of ketones is 1. The van der Waals surface area contributed by atoms with E-state index >= 15 is 0 Å². The lowest BCUT2D eigenvalue weighted by Gasteiger charge is -2.24. The van der Waals surface area contributed by atoms with Gasteiger partial charge in [0.25, 0.3) is 0 Å². The largest absolute Gasteiger partial charge is 0.292 e. The van der Waals surface area contributed by atoms with Crippen molar-refractivity contribution in [1.29, 1.82) is 0 Å². The Morgan fingerprint density at radius 2 is 1.69 bits per heavy atom. The van der Waals surface area contributed by atoms with Crippen molar-refractivity contribution in [2.75, 3.05) is 0 Å². The van der Waals surface area contributed by atoms with Gasteiger partial charge in [-0.25, -0.2) is 0 Å². The number of nitrogens with zero attached hydrogens (tertiary/aromatic N) is 2. The van der Waals surface area contributed by atoms with Crippen LogP contribution in [0.1, 0.15) is 57.7 Å². The molecule has 0 bridgehead atoms. The van der Waals surface area contributed by atoms with Crippen LogP contribution in [0.3, 0.4) is 0 Å². The van der Waals surface area contributed by atoms with E-state index < -0.39 is 0 Å². The average Bonchev–Trinajstić information content (AvgIpc) is 2.43. The molecule has 0 aromatic carbocycles. The lowest BCUT2D eigenvalue weighted by molar-refractivity contribution is 0.0839. The fourth-order valence-electron chi connectivity index (χ4n) is 1.56. The van der Waals surface area contributed by atoms with Crippen molar-refractivity contribution >= 4 is 5.78 Å². The van der Waals surface area contributed by atoms with Crippen molar-refractivity contribution < 1.29 is 4.79 Å². The van der Waals surface area contributed by atoms with Crippen molar-refractivity contribution in [3.05, 3.63) is 17.5 Å². The van der Waals surface area contributed by atoms with Crippen LogP contribution < -0.4 is 0 Å². The summed E-state index contributed by atoms with van der Waals surface area (Å²) >= 11 is 0. The topological polar surface area (TPSA) is 34.9 Å². The van der Waals surface area contributed by atoms with Crippen LogP contribution in [0.15, 0.2) is 6.07 Å². The number of hydrogen-bond donors (Lipinski definition) is 0. The zero-order valence-electron chi connectivity index (χ0n) is 11.4. The Balaban J connectivity index is 3.30. The molecule has 1 rings (SSSR count). The quantitative estimate of drug-likeness (QED) is 0.684. The van der Waals surface area contributed by atoms with E-state index in [2.05, 4.69) is 25.9 Å². The van der Waals surface area contributed by atoms with Crippen LogP contribution >= 0.6 is 0 Å². The summed E-state index contributed by atoms with van der Waals surface area (Å²) in [7, 11) is 0. The number of rotatable bonds is 1. The van der Waals surface area contributed by atoms with Gasteiger partial charge in [0.15, 0.2) is 5.78 Å². The first-order chi connectivity index (χ1) is 7.03. The highest BCUT2D eigenvalue weighted by Crippen LogP contribution is 2.25. The third-order valence-electron chi connectivity index (χ3n) is 2.38. The Morgan fingerprint density at radius 1 is 1.19 bits per heavy atom. The minimum absolute atomic E-state index is 0.142. The molecule has 1 aromatic heterocycles. The van der Waals surface area contributed by atoms with Gasteiger partial charge in [0.2, 0.25) is 0 Å². The standard InChI is InChI=1S/C13H22N2O/c1-9-8-10(11(16)12(2,3)4)15(14-9)13(5,6)7/h8H,1-7H3. The number of aryl methyl sites for hydroxylation is 1. The van der Waals surface area contributed by atoms with Gasteiger partial charge >= 0.3 is 0 Å². The maximum atomic E-state index is 12.3. The SMILES string of the molecule is Cc1cc(C(=O)C(C)(C)C)n(C(C)(C)C)n1. The van der Waals surface area contributed by atoms with Crippen molar-refractivity contribution in [3.8, 4) is 0 Å². The normalized spacial score (nSPS) is 12.9. The van der Waals surface area contributed by atoms with Gasteiger partial charge in [-0.3, -0.25) is 9.48 Å². The number of Topliss-reactive ketones (excluding diaryl/α,β-unsaturated/α-hetero) is 1. The first-order valence-electron chi connectivity index (χ1n) is 5.65. The van der Waals surface area contributed by atoms with Gasteiger partial charge in [-0.15, -0.1) is 0 Å². The molecule has 0 saturated heterocycles. The van der Waals surface area contributed by atoms with E-state index in [0.29, 0.717) is 5.69 Å². The van der Waals surface area contributed by atoms with Crippen LogP contribution in [0.25, 0.3) is 0 Å². The first kappa shape index (κ1) is 12.9. The maximum Gasteiger partial charge on any atom is 0.186 e. The predicted octanol–water partition coefficient (Wildman–Crippen LogP) is 3.18. The molecule has 0 aliphatic heterocycles. The molecule has 0 unspecified atom stereocenters. The Hall–Kier alpha value is -1.12. The molecule has 3 nitrogen and oxygen atoms in total. The molecule has 0 spiro atoms. The Kier molecular flexibility index (Phi) is 3.01. The smallest absolute Gasteiger partial charge is 0.186 e. The van der Waals surface area contributed by atoms with Gasteiger partial charge in [0.1, 0.15) is 5.69 Å². The van der Waals surface area contributed by atoms with Gasteiger partial charge in [0.05, 0.1) is 11.2 Å². The molecule has 1 aromatic rings. The van der Waals surface area contributed by atoms with E-state index in [1.54, 1.807) is 0 Å². The zero-order chi connectivity index (χ0) is 12.7. The van der Waals surface area contributed by atoms with Crippen LogP contribution in [0.5, 0.6) is 0 Å². The lowest BCUT2D eigenvalue weighted by Crippen LogP contribution is -2.31. The third kappa shape index (κ3) is 2.52. The summed E-state index contributed by atoms with van der Waals surface area (Å²) in [6.45, 7) is 13.9. The summed E-state index contributed by atoms with van der Waals surface area (Å²) in [5.74, 6) is 0.142. The summed E-state index contributed by atoms with van der Waals surface area (Å²) in [5, 5.41) is 4.41. The van der Waals surface area contributed by atoms with E-state index in [0.717, 1.165) is 5.69 Å².